The van der Waals surface area contributed by atoms with Gasteiger partial charge in [0.1, 0.15) is 6.61 Å². The van der Waals surface area contributed by atoms with E-state index < -0.39 is 11.4 Å². The van der Waals surface area contributed by atoms with Crippen LogP contribution in [0.1, 0.15) is 26.7 Å². The Kier molecular flexibility index (Phi) is 4.65. The summed E-state index contributed by atoms with van der Waals surface area (Å²) >= 11 is 0. The lowest BCUT2D eigenvalue weighted by atomic mass is 9.74. The normalized spacial score (nSPS) is 30.9. The molecule has 2 aliphatic rings. The monoisotopic (exact) mass is 285 g/mol. The molecule has 114 valence electrons. The highest BCUT2D eigenvalue weighted by molar-refractivity contribution is 5.82. The standard InChI is InChI=1S/C14H23NO5/c1-3-10(2)20-8-12(16)15-6-11-7-19-5-4-14(11,9-15)13(17)18/h10-11H,3-9H2,1-2H3,(H,17,18)/t10?,11-,14+/m0/s1. The highest BCUT2D eigenvalue weighted by Crippen LogP contribution is 2.42. The average molecular weight is 285 g/mol. The van der Waals surface area contributed by atoms with Crippen molar-refractivity contribution in [3.8, 4) is 0 Å². The molecule has 0 bridgehead atoms. The zero-order chi connectivity index (χ0) is 14.8. The minimum absolute atomic E-state index is 0.0261. The maximum atomic E-state index is 12.1. The molecule has 1 amide bonds. The molecule has 20 heavy (non-hydrogen) atoms. The van der Waals surface area contributed by atoms with Crippen LogP contribution in [0.3, 0.4) is 0 Å². The lowest BCUT2D eigenvalue weighted by Gasteiger charge is -2.33. The Morgan fingerprint density at radius 1 is 1.55 bits per heavy atom. The Morgan fingerprint density at radius 3 is 2.90 bits per heavy atom. The second-order valence-corrected chi connectivity index (χ2v) is 5.79. The molecule has 6 nitrogen and oxygen atoms in total. The van der Waals surface area contributed by atoms with Crippen LogP contribution in [-0.4, -0.2) is 60.9 Å². The van der Waals surface area contributed by atoms with Gasteiger partial charge in [-0.25, -0.2) is 0 Å². The summed E-state index contributed by atoms with van der Waals surface area (Å²) in [6, 6.07) is 0. The van der Waals surface area contributed by atoms with Crippen LogP contribution < -0.4 is 0 Å². The summed E-state index contributed by atoms with van der Waals surface area (Å²) in [5.41, 5.74) is -0.829. The van der Waals surface area contributed by atoms with Crippen LogP contribution in [0.4, 0.5) is 0 Å². The number of carbonyl (C=O) groups is 2. The number of carbonyl (C=O) groups excluding carboxylic acids is 1. The highest BCUT2D eigenvalue weighted by Gasteiger charge is 2.54. The lowest BCUT2D eigenvalue weighted by Crippen LogP contribution is -2.45. The van der Waals surface area contributed by atoms with E-state index in [1.807, 2.05) is 13.8 Å². The van der Waals surface area contributed by atoms with Crippen molar-refractivity contribution in [2.45, 2.75) is 32.8 Å². The number of amides is 1. The van der Waals surface area contributed by atoms with Gasteiger partial charge >= 0.3 is 5.97 Å². The van der Waals surface area contributed by atoms with Gasteiger partial charge in [0.25, 0.3) is 0 Å². The predicted octanol–water partition coefficient (Wildman–Crippen LogP) is 0.751. The van der Waals surface area contributed by atoms with Crippen molar-refractivity contribution in [2.75, 3.05) is 32.9 Å². The van der Waals surface area contributed by atoms with Gasteiger partial charge in [0.05, 0.1) is 18.1 Å². The van der Waals surface area contributed by atoms with Crippen molar-refractivity contribution in [3.63, 3.8) is 0 Å². The number of ether oxygens (including phenoxy) is 2. The largest absolute Gasteiger partial charge is 0.481 e. The maximum absolute atomic E-state index is 12.1. The summed E-state index contributed by atoms with van der Waals surface area (Å²) in [6.07, 6.45) is 1.37. The molecule has 0 spiro atoms. The molecule has 0 aromatic carbocycles. The van der Waals surface area contributed by atoms with Crippen LogP contribution in [-0.2, 0) is 19.1 Å². The van der Waals surface area contributed by atoms with Crippen LogP contribution in [0.15, 0.2) is 0 Å². The average Bonchev–Trinajstić information content (AvgIpc) is 2.85. The van der Waals surface area contributed by atoms with E-state index in [0.717, 1.165) is 6.42 Å². The van der Waals surface area contributed by atoms with E-state index in [-0.39, 0.29) is 31.1 Å². The molecular formula is C14H23NO5. The van der Waals surface area contributed by atoms with Gasteiger partial charge in [-0.3, -0.25) is 9.59 Å². The maximum Gasteiger partial charge on any atom is 0.311 e. The molecule has 2 fully saturated rings. The third-order valence-electron chi connectivity index (χ3n) is 4.55. The Balaban J connectivity index is 1.98. The first-order valence-electron chi connectivity index (χ1n) is 7.20. The molecular weight excluding hydrogens is 262 g/mol. The van der Waals surface area contributed by atoms with Gasteiger partial charge in [-0.05, 0) is 19.8 Å². The minimum atomic E-state index is -0.829. The zero-order valence-corrected chi connectivity index (χ0v) is 12.1. The van der Waals surface area contributed by atoms with Crippen molar-refractivity contribution >= 4 is 11.9 Å². The van der Waals surface area contributed by atoms with Crippen LogP contribution in [0, 0.1) is 11.3 Å². The van der Waals surface area contributed by atoms with Gasteiger partial charge in [-0.2, -0.15) is 0 Å². The zero-order valence-electron chi connectivity index (χ0n) is 12.1. The van der Waals surface area contributed by atoms with Gasteiger partial charge in [0.2, 0.25) is 5.91 Å². The van der Waals surface area contributed by atoms with Crippen molar-refractivity contribution in [2.24, 2.45) is 11.3 Å². The van der Waals surface area contributed by atoms with Gasteiger partial charge in [0, 0.05) is 25.6 Å². The van der Waals surface area contributed by atoms with Crippen LogP contribution in [0.5, 0.6) is 0 Å². The van der Waals surface area contributed by atoms with Crippen molar-refractivity contribution in [1.29, 1.82) is 0 Å². The molecule has 0 aromatic rings. The molecule has 2 saturated heterocycles. The molecule has 2 heterocycles. The second-order valence-electron chi connectivity index (χ2n) is 5.79. The highest BCUT2D eigenvalue weighted by atomic mass is 16.5. The first-order chi connectivity index (χ1) is 9.49. The summed E-state index contributed by atoms with van der Waals surface area (Å²) < 4.78 is 10.8. The summed E-state index contributed by atoms with van der Waals surface area (Å²) in [6.45, 7) is 5.54. The smallest absolute Gasteiger partial charge is 0.311 e. The fourth-order valence-corrected chi connectivity index (χ4v) is 2.91. The van der Waals surface area contributed by atoms with Crippen LogP contribution in [0.25, 0.3) is 0 Å². The minimum Gasteiger partial charge on any atom is -0.481 e. The second kappa shape index (κ2) is 6.10. The molecule has 2 aliphatic heterocycles. The van der Waals surface area contributed by atoms with Gasteiger partial charge < -0.3 is 19.5 Å². The Hall–Kier alpha value is -1.14. The molecule has 0 radical (unpaired) electrons. The van der Waals surface area contributed by atoms with E-state index >= 15 is 0 Å². The predicted molar refractivity (Wildman–Crippen MR) is 71.3 cm³/mol. The summed E-state index contributed by atoms with van der Waals surface area (Å²) in [5, 5.41) is 9.53. The molecule has 0 saturated carbocycles. The third kappa shape index (κ3) is 2.81. The van der Waals surface area contributed by atoms with E-state index in [9.17, 15) is 14.7 Å². The van der Waals surface area contributed by atoms with Gasteiger partial charge in [0.15, 0.2) is 0 Å². The summed E-state index contributed by atoms with van der Waals surface area (Å²) in [7, 11) is 0. The molecule has 0 aliphatic carbocycles. The van der Waals surface area contributed by atoms with E-state index in [2.05, 4.69) is 0 Å². The van der Waals surface area contributed by atoms with E-state index in [0.29, 0.717) is 26.2 Å². The number of nitrogens with zero attached hydrogens (tertiary/aromatic N) is 1. The first-order valence-corrected chi connectivity index (χ1v) is 7.20. The lowest BCUT2D eigenvalue weighted by molar-refractivity contribution is -0.157. The molecule has 2 rings (SSSR count). The van der Waals surface area contributed by atoms with Crippen LogP contribution in [0.2, 0.25) is 0 Å². The number of hydrogen-bond donors (Lipinski definition) is 1. The number of rotatable bonds is 5. The first kappa shape index (κ1) is 15.3. The van der Waals surface area contributed by atoms with Gasteiger partial charge in [-0.15, -0.1) is 0 Å². The SMILES string of the molecule is CCC(C)OCC(=O)N1C[C@H]2COCC[C@@]2(C(=O)O)C1. The number of fused-ring (bicyclic) bond motifs is 1. The van der Waals surface area contributed by atoms with Gasteiger partial charge in [-0.1, -0.05) is 6.92 Å². The number of hydrogen-bond acceptors (Lipinski definition) is 4. The fraction of sp³-hybridized carbons (Fsp3) is 0.857. The summed E-state index contributed by atoms with van der Waals surface area (Å²) in [4.78, 5) is 25.4. The molecule has 1 unspecified atom stereocenters. The topological polar surface area (TPSA) is 76.1 Å². The number of likely N-dealkylation sites (tertiary alicyclic amines) is 1. The fourth-order valence-electron chi connectivity index (χ4n) is 2.91. The third-order valence-corrected chi connectivity index (χ3v) is 4.55. The Bertz CT molecular complexity index is 386. The Morgan fingerprint density at radius 2 is 2.30 bits per heavy atom. The van der Waals surface area contributed by atoms with Crippen molar-refractivity contribution in [3.05, 3.63) is 0 Å². The molecule has 0 aromatic heterocycles. The number of carboxylic acids is 1. The molecule has 3 atom stereocenters. The van der Waals surface area contributed by atoms with Crippen molar-refractivity contribution in [1.82, 2.24) is 4.90 Å². The molecule has 6 heteroatoms. The number of aliphatic carboxylic acids is 1. The van der Waals surface area contributed by atoms with Crippen molar-refractivity contribution < 1.29 is 24.2 Å². The van der Waals surface area contributed by atoms with E-state index in [1.165, 1.54) is 0 Å². The molecule has 1 N–H and O–H groups in total. The number of carboxylic acid groups (broad SMARTS) is 1. The van der Waals surface area contributed by atoms with Crippen LogP contribution >= 0.6 is 0 Å². The van der Waals surface area contributed by atoms with E-state index in [1.54, 1.807) is 4.90 Å². The van der Waals surface area contributed by atoms with E-state index in [4.69, 9.17) is 9.47 Å². The summed E-state index contributed by atoms with van der Waals surface area (Å²) in [5.74, 6) is -1.05. The Labute approximate surface area is 119 Å². The quantitative estimate of drug-likeness (QED) is 0.806.